The summed E-state index contributed by atoms with van der Waals surface area (Å²) >= 11 is 0. The Morgan fingerprint density at radius 3 is 2.86 bits per heavy atom. The minimum atomic E-state index is -0.0657. The lowest BCUT2D eigenvalue weighted by Gasteiger charge is -2.13. The van der Waals surface area contributed by atoms with Gasteiger partial charge in [-0.3, -0.25) is 9.89 Å². The Morgan fingerprint density at radius 1 is 1.23 bits per heavy atom. The second-order valence-corrected chi connectivity index (χ2v) is 5.64. The molecular weight excluding hydrogens is 274 g/mol. The van der Waals surface area contributed by atoms with Gasteiger partial charge in [0.1, 0.15) is 0 Å². The number of nitrogens with one attached hydrogen (secondary N) is 2. The quantitative estimate of drug-likeness (QED) is 0.826. The first kappa shape index (κ1) is 14.6. The van der Waals surface area contributed by atoms with Crippen LogP contribution >= 0.6 is 0 Å². The first-order chi connectivity index (χ1) is 10.8. The van der Waals surface area contributed by atoms with Crippen molar-refractivity contribution in [3.63, 3.8) is 0 Å². The molecule has 1 aliphatic rings. The molecule has 1 aliphatic carbocycles. The standard InChI is InChI=1S/C18H21N3O/c22-18(19-12-11-14-7-3-1-4-8-14)16-13-20-21-17(16)15-9-5-2-6-10-15/h2,5-7,9-10,13H,1,3-4,8,11-12H2,(H,19,22)(H,20,21). The highest BCUT2D eigenvalue weighted by Crippen LogP contribution is 2.21. The molecule has 0 fully saturated rings. The van der Waals surface area contributed by atoms with E-state index in [1.165, 1.54) is 31.3 Å². The van der Waals surface area contributed by atoms with Gasteiger partial charge < -0.3 is 5.32 Å². The highest BCUT2D eigenvalue weighted by Gasteiger charge is 2.14. The number of nitrogens with zero attached hydrogens (tertiary/aromatic N) is 1. The number of aromatic nitrogens is 2. The van der Waals surface area contributed by atoms with E-state index in [2.05, 4.69) is 21.6 Å². The minimum Gasteiger partial charge on any atom is -0.352 e. The zero-order valence-electron chi connectivity index (χ0n) is 12.6. The molecule has 0 bridgehead atoms. The SMILES string of the molecule is O=C(NCCC1=CCCCC1)c1cn[nH]c1-c1ccccc1. The van der Waals surface area contributed by atoms with Crippen molar-refractivity contribution in [2.45, 2.75) is 32.1 Å². The topological polar surface area (TPSA) is 57.8 Å². The molecule has 0 aliphatic heterocycles. The number of carbonyl (C=O) groups is 1. The molecule has 4 nitrogen and oxygen atoms in total. The zero-order chi connectivity index (χ0) is 15.2. The van der Waals surface area contributed by atoms with Crippen molar-refractivity contribution in [3.05, 3.63) is 53.7 Å². The Balaban J connectivity index is 1.61. The Labute approximate surface area is 130 Å². The Kier molecular flexibility index (Phi) is 4.68. The highest BCUT2D eigenvalue weighted by atomic mass is 16.1. The molecule has 0 saturated heterocycles. The molecule has 1 aromatic carbocycles. The van der Waals surface area contributed by atoms with E-state index in [1.807, 2.05) is 30.3 Å². The first-order valence-corrected chi connectivity index (χ1v) is 7.89. The van der Waals surface area contributed by atoms with Crippen LogP contribution in [0.1, 0.15) is 42.5 Å². The smallest absolute Gasteiger partial charge is 0.255 e. The van der Waals surface area contributed by atoms with Crippen LogP contribution in [0.4, 0.5) is 0 Å². The molecule has 0 radical (unpaired) electrons. The molecular formula is C18H21N3O. The van der Waals surface area contributed by atoms with Crippen LogP contribution in [0.25, 0.3) is 11.3 Å². The van der Waals surface area contributed by atoms with Crippen LogP contribution in [0.15, 0.2) is 48.2 Å². The van der Waals surface area contributed by atoms with E-state index in [-0.39, 0.29) is 5.91 Å². The van der Waals surface area contributed by atoms with E-state index in [0.717, 1.165) is 17.7 Å². The number of carbonyl (C=O) groups excluding carboxylic acids is 1. The summed E-state index contributed by atoms with van der Waals surface area (Å²) in [4.78, 5) is 12.4. The second-order valence-electron chi connectivity index (χ2n) is 5.64. The minimum absolute atomic E-state index is 0.0657. The fourth-order valence-corrected chi connectivity index (χ4v) is 2.85. The van der Waals surface area contributed by atoms with Gasteiger partial charge in [0.2, 0.25) is 0 Å². The van der Waals surface area contributed by atoms with E-state index < -0.39 is 0 Å². The molecule has 2 N–H and O–H groups in total. The highest BCUT2D eigenvalue weighted by molar-refractivity contribution is 5.99. The molecule has 1 aromatic heterocycles. The van der Waals surface area contributed by atoms with Crippen LogP contribution in [0.5, 0.6) is 0 Å². The van der Waals surface area contributed by atoms with Crippen LogP contribution < -0.4 is 5.32 Å². The average Bonchev–Trinajstić information content (AvgIpc) is 3.06. The van der Waals surface area contributed by atoms with Crippen molar-refractivity contribution >= 4 is 5.91 Å². The molecule has 0 saturated carbocycles. The number of benzene rings is 1. The maximum atomic E-state index is 12.4. The van der Waals surface area contributed by atoms with E-state index in [0.29, 0.717) is 12.1 Å². The summed E-state index contributed by atoms with van der Waals surface area (Å²) in [6.07, 6.45) is 9.80. The second kappa shape index (κ2) is 7.07. The Morgan fingerprint density at radius 2 is 2.09 bits per heavy atom. The molecule has 4 heteroatoms. The number of rotatable bonds is 5. The van der Waals surface area contributed by atoms with Crippen LogP contribution in [-0.4, -0.2) is 22.6 Å². The monoisotopic (exact) mass is 295 g/mol. The van der Waals surface area contributed by atoms with Crippen LogP contribution in [-0.2, 0) is 0 Å². The first-order valence-electron chi connectivity index (χ1n) is 7.89. The lowest BCUT2D eigenvalue weighted by atomic mass is 9.97. The molecule has 114 valence electrons. The van der Waals surface area contributed by atoms with Crippen LogP contribution in [0, 0.1) is 0 Å². The van der Waals surface area contributed by atoms with Crippen molar-refractivity contribution in [1.29, 1.82) is 0 Å². The van der Waals surface area contributed by atoms with Crippen LogP contribution in [0.2, 0.25) is 0 Å². The molecule has 22 heavy (non-hydrogen) atoms. The largest absolute Gasteiger partial charge is 0.352 e. The van der Waals surface area contributed by atoms with Gasteiger partial charge in [-0.2, -0.15) is 5.10 Å². The normalized spacial score (nSPS) is 14.5. The number of H-pyrrole nitrogens is 1. The van der Waals surface area contributed by atoms with Crippen molar-refractivity contribution in [2.75, 3.05) is 6.54 Å². The third-order valence-corrected chi connectivity index (χ3v) is 4.06. The lowest BCUT2D eigenvalue weighted by Crippen LogP contribution is -2.25. The number of allylic oxidation sites excluding steroid dienone is 1. The van der Waals surface area contributed by atoms with Gasteiger partial charge in [-0.1, -0.05) is 42.0 Å². The summed E-state index contributed by atoms with van der Waals surface area (Å²) in [5.74, 6) is -0.0657. The van der Waals surface area contributed by atoms with Gasteiger partial charge in [-0.25, -0.2) is 0 Å². The average molecular weight is 295 g/mol. The third-order valence-electron chi connectivity index (χ3n) is 4.06. The maximum absolute atomic E-state index is 12.4. The van der Waals surface area contributed by atoms with E-state index >= 15 is 0 Å². The fourth-order valence-electron chi connectivity index (χ4n) is 2.85. The Bertz CT molecular complexity index is 658. The fraction of sp³-hybridized carbons (Fsp3) is 0.333. The van der Waals surface area contributed by atoms with Crippen molar-refractivity contribution in [2.24, 2.45) is 0 Å². The molecule has 0 spiro atoms. The predicted molar refractivity (Wildman–Crippen MR) is 87.5 cm³/mol. The number of hydrogen-bond acceptors (Lipinski definition) is 2. The molecule has 0 atom stereocenters. The predicted octanol–water partition coefficient (Wildman–Crippen LogP) is 3.70. The van der Waals surface area contributed by atoms with Gasteiger partial charge in [0, 0.05) is 12.1 Å². The van der Waals surface area contributed by atoms with Crippen molar-refractivity contribution in [3.8, 4) is 11.3 Å². The molecule has 1 amide bonds. The van der Waals surface area contributed by atoms with Gasteiger partial charge in [0.15, 0.2) is 0 Å². The summed E-state index contributed by atoms with van der Waals surface area (Å²) in [5.41, 5.74) is 3.82. The van der Waals surface area contributed by atoms with E-state index in [9.17, 15) is 4.79 Å². The summed E-state index contributed by atoms with van der Waals surface area (Å²) in [7, 11) is 0. The number of aromatic amines is 1. The van der Waals surface area contributed by atoms with Gasteiger partial charge in [-0.15, -0.1) is 0 Å². The molecule has 3 rings (SSSR count). The van der Waals surface area contributed by atoms with Gasteiger partial charge in [0.25, 0.3) is 5.91 Å². The molecule has 0 unspecified atom stereocenters. The molecule has 2 aromatic rings. The maximum Gasteiger partial charge on any atom is 0.255 e. The van der Waals surface area contributed by atoms with Crippen LogP contribution in [0.3, 0.4) is 0 Å². The van der Waals surface area contributed by atoms with Gasteiger partial charge in [-0.05, 0) is 32.1 Å². The van der Waals surface area contributed by atoms with Gasteiger partial charge >= 0.3 is 0 Å². The molecule has 1 heterocycles. The summed E-state index contributed by atoms with van der Waals surface area (Å²) in [6, 6.07) is 9.80. The van der Waals surface area contributed by atoms with E-state index in [1.54, 1.807) is 6.20 Å². The lowest BCUT2D eigenvalue weighted by molar-refractivity contribution is 0.0954. The summed E-state index contributed by atoms with van der Waals surface area (Å²) in [6.45, 7) is 0.685. The van der Waals surface area contributed by atoms with Crippen molar-refractivity contribution in [1.82, 2.24) is 15.5 Å². The van der Waals surface area contributed by atoms with E-state index in [4.69, 9.17) is 0 Å². The zero-order valence-corrected chi connectivity index (χ0v) is 12.6. The van der Waals surface area contributed by atoms with Gasteiger partial charge in [0.05, 0.1) is 17.5 Å². The number of amides is 1. The van der Waals surface area contributed by atoms with Crippen molar-refractivity contribution < 1.29 is 4.79 Å². The summed E-state index contributed by atoms with van der Waals surface area (Å²) < 4.78 is 0. The number of hydrogen-bond donors (Lipinski definition) is 2. The Hall–Kier alpha value is -2.36. The third kappa shape index (κ3) is 3.45. The summed E-state index contributed by atoms with van der Waals surface area (Å²) in [5, 5.41) is 9.94.